The first-order chi connectivity index (χ1) is 7.54. The molecule has 0 aromatic carbocycles. The van der Waals surface area contributed by atoms with E-state index < -0.39 is 11.9 Å². The molecule has 0 spiro atoms. The van der Waals surface area contributed by atoms with Crippen molar-refractivity contribution in [2.45, 2.75) is 20.3 Å². The Hall–Kier alpha value is -1.63. The quantitative estimate of drug-likeness (QED) is 0.614. The predicted molar refractivity (Wildman–Crippen MR) is 56.1 cm³/mol. The summed E-state index contributed by atoms with van der Waals surface area (Å²) in [5, 5.41) is 11.1. The van der Waals surface area contributed by atoms with E-state index in [9.17, 15) is 14.8 Å². The molecule has 0 saturated carbocycles. The summed E-state index contributed by atoms with van der Waals surface area (Å²) in [4.78, 5) is 25.6. The molecule has 0 atom stereocenters. The molecule has 1 N–H and O–H groups in total. The van der Waals surface area contributed by atoms with Gasteiger partial charge in [0.25, 0.3) is 0 Å². The van der Waals surface area contributed by atoms with Gasteiger partial charge in [-0.05, 0) is 6.92 Å². The third-order valence-electron chi connectivity index (χ3n) is 1.64. The number of esters is 1. The van der Waals surface area contributed by atoms with E-state index in [1.807, 2.05) is 0 Å². The lowest BCUT2D eigenvalue weighted by atomic mass is 10.3. The van der Waals surface area contributed by atoms with Crippen LogP contribution in [-0.4, -0.2) is 28.4 Å². The first-order valence-corrected chi connectivity index (χ1v) is 5.52. The molecule has 1 aromatic rings. The molecule has 1 rings (SSSR count). The number of hydrogen-bond donors (Lipinski definition) is 1. The van der Waals surface area contributed by atoms with Crippen molar-refractivity contribution in [3.63, 3.8) is 0 Å². The number of amides is 1. The van der Waals surface area contributed by atoms with Crippen molar-refractivity contribution >= 4 is 23.2 Å². The van der Waals surface area contributed by atoms with Gasteiger partial charge in [-0.3, -0.25) is 9.59 Å². The van der Waals surface area contributed by atoms with Crippen LogP contribution >= 0.6 is 11.3 Å². The van der Waals surface area contributed by atoms with Gasteiger partial charge in [-0.25, -0.2) is 0 Å². The lowest BCUT2D eigenvalue weighted by molar-refractivity contribution is -0.142. The van der Waals surface area contributed by atoms with E-state index in [1.54, 1.807) is 12.3 Å². The van der Waals surface area contributed by atoms with Crippen LogP contribution < -0.4 is 4.80 Å². The number of rotatable bonds is 3. The van der Waals surface area contributed by atoms with Crippen molar-refractivity contribution in [3.05, 3.63) is 15.9 Å². The Labute approximate surface area is 95.8 Å². The molecule has 7 heteroatoms. The minimum atomic E-state index is -0.433. The summed E-state index contributed by atoms with van der Waals surface area (Å²) in [5.74, 6) is -0.843. The van der Waals surface area contributed by atoms with Crippen LogP contribution in [-0.2, 0) is 20.7 Å². The van der Waals surface area contributed by atoms with Gasteiger partial charge in [-0.2, -0.15) is 9.72 Å². The summed E-state index contributed by atoms with van der Waals surface area (Å²) < 4.78 is 5.46. The fraction of sp³-hybridized carbons (Fsp3) is 0.444. The molecular weight excluding hydrogens is 232 g/mol. The van der Waals surface area contributed by atoms with Gasteiger partial charge >= 0.3 is 5.97 Å². The molecule has 0 radical (unpaired) electrons. The molecule has 0 bridgehead atoms. The molecule has 16 heavy (non-hydrogen) atoms. The summed E-state index contributed by atoms with van der Waals surface area (Å²) in [6.07, 6.45) is -0.0474. The van der Waals surface area contributed by atoms with Crippen molar-refractivity contribution in [1.29, 1.82) is 0 Å². The van der Waals surface area contributed by atoms with Gasteiger partial charge in [-0.1, -0.05) is 0 Å². The maximum absolute atomic E-state index is 11.2. The number of ether oxygens (including phenoxy) is 1. The summed E-state index contributed by atoms with van der Waals surface area (Å²) in [7, 11) is 0. The van der Waals surface area contributed by atoms with Crippen molar-refractivity contribution < 1.29 is 19.5 Å². The molecule has 1 amide bonds. The average molecular weight is 244 g/mol. The Morgan fingerprint density at radius 1 is 1.62 bits per heavy atom. The fourth-order valence-corrected chi connectivity index (χ4v) is 1.85. The van der Waals surface area contributed by atoms with Crippen LogP contribution in [0, 0.1) is 0 Å². The molecule has 1 aromatic heterocycles. The molecule has 1 heterocycles. The molecule has 0 saturated heterocycles. The molecule has 6 nitrogen and oxygen atoms in total. The second-order valence-corrected chi connectivity index (χ2v) is 3.77. The van der Waals surface area contributed by atoms with E-state index in [4.69, 9.17) is 4.74 Å². The normalized spacial score (nSPS) is 11.5. The van der Waals surface area contributed by atoms with Crippen LogP contribution in [0.3, 0.4) is 0 Å². The molecule has 0 aliphatic carbocycles. The minimum Gasteiger partial charge on any atom is -0.466 e. The van der Waals surface area contributed by atoms with Crippen molar-refractivity contribution in [3.8, 4) is 0 Å². The van der Waals surface area contributed by atoms with Gasteiger partial charge in [0.15, 0.2) is 0 Å². The topological polar surface area (TPSA) is 80.9 Å². The van der Waals surface area contributed by atoms with E-state index in [-0.39, 0.29) is 11.2 Å². The average Bonchev–Trinajstić information content (AvgIpc) is 2.50. The zero-order chi connectivity index (χ0) is 12.1. The zero-order valence-electron chi connectivity index (χ0n) is 8.97. The van der Waals surface area contributed by atoms with E-state index in [2.05, 4.69) is 4.99 Å². The number of thiazole rings is 1. The predicted octanol–water partition coefficient (Wildman–Crippen LogP) is 0.340. The Bertz CT molecular complexity index is 460. The second kappa shape index (κ2) is 5.45. The standard InChI is InChI=1S/C9H12N2O4S/c1-3-15-8(13)4-7-5-16-9(11(7)14)10-6(2)12/h5,14H,3-4H2,1-2H3. The smallest absolute Gasteiger partial charge is 0.311 e. The summed E-state index contributed by atoms with van der Waals surface area (Å²) in [5.41, 5.74) is 0.350. The summed E-state index contributed by atoms with van der Waals surface area (Å²) >= 11 is 1.08. The largest absolute Gasteiger partial charge is 0.466 e. The maximum atomic E-state index is 11.2. The third kappa shape index (κ3) is 3.20. The van der Waals surface area contributed by atoms with Crippen LogP contribution in [0.4, 0.5) is 0 Å². The molecule has 0 aliphatic rings. The van der Waals surface area contributed by atoms with Gasteiger partial charge in [0.05, 0.1) is 18.7 Å². The van der Waals surface area contributed by atoms with E-state index in [0.717, 1.165) is 16.1 Å². The number of carbonyl (C=O) groups is 2. The highest BCUT2D eigenvalue weighted by Crippen LogP contribution is 2.02. The highest BCUT2D eigenvalue weighted by Gasteiger charge is 2.10. The number of aromatic nitrogens is 1. The molecule has 0 unspecified atom stereocenters. The van der Waals surface area contributed by atoms with Crippen molar-refractivity contribution in [2.75, 3.05) is 6.61 Å². The maximum Gasteiger partial charge on any atom is 0.311 e. The zero-order valence-corrected chi connectivity index (χ0v) is 9.78. The minimum absolute atomic E-state index is 0.0474. The first kappa shape index (κ1) is 12.4. The third-order valence-corrected chi connectivity index (χ3v) is 2.50. The Balaban J connectivity index is 2.88. The fourth-order valence-electron chi connectivity index (χ4n) is 1.03. The number of nitrogens with zero attached hydrogens (tertiary/aromatic N) is 2. The lowest BCUT2D eigenvalue weighted by Gasteiger charge is -2.01. The monoisotopic (exact) mass is 244 g/mol. The Morgan fingerprint density at radius 2 is 2.31 bits per heavy atom. The Kier molecular flexibility index (Phi) is 4.24. The van der Waals surface area contributed by atoms with Gasteiger partial charge in [0.1, 0.15) is 0 Å². The van der Waals surface area contributed by atoms with Crippen LogP contribution in [0.2, 0.25) is 0 Å². The van der Waals surface area contributed by atoms with Crippen LogP contribution in [0.5, 0.6) is 0 Å². The van der Waals surface area contributed by atoms with Gasteiger partial charge in [0.2, 0.25) is 10.7 Å². The van der Waals surface area contributed by atoms with E-state index in [0.29, 0.717) is 12.3 Å². The van der Waals surface area contributed by atoms with Gasteiger partial charge in [-0.15, -0.1) is 11.3 Å². The molecular formula is C9H12N2O4S. The molecule has 88 valence electrons. The first-order valence-electron chi connectivity index (χ1n) is 4.64. The second-order valence-electron chi connectivity index (χ2n) is 2.93. The highest BCUT2D eigenvalue weighted by molar-refractivity contribution is 7.07. The Morgan fingerprint density at radius 3 is 2.88 bits per heavy atom. The number of hydrogen-bond acceptors (Lipinski definition) is 5. The number of carbonyl (C=O) groups excluding carboxylic acids is 2. The summed E-state index contributed by atoms with van der Waals surface area (Å²) in [6.45, 7) is 3.28. The lowest BCUT2D eigenvalue weighted by Crippen LogP contribution is -2.18. The summed E-state index contributed by atoms with van der Waals surface area (Å²) in [6, 6.07) is 0. The van der Waals surface area contributed by atoms with Crippen LogP contribution in [0.1, 0.15) is 19.5 Å². The van der Waals surface area contributed by atoms with Crippen LogP contribution in [0.15, 0.2) is 10.4 Å². The van der Waals surface area contributed by atoms with E-state index in [1.165, 1.54) is 6.92 Å². The SMILES string of the molecule is CCOC(=O)Cc1csc(=NC(C)=O)n1O. The highest BCUT2D eigenvalue weighted by atomic mass is 32.1. The van der Waals surface area contributed by atoms with Gasteiger partial charge < -0.3 is 9.94 Å². The van der Waals surface area contributed by atoms with E-state index >= 15 is 0 Å². The van der Waals surface area contributed by atoms with Crippen LogP contribution in [0.25, 0.3) is 0 Å². The molecule has 0 aliphatic heterocycles. The van der Waals surface area contributed by atoms with Crippen molar-refractivity contribution in [2.24, 2.45) is 4.99 Å². The molecule has 0 fully saturated rings. The van der Waals surface area contributed by atoms with Gasteiger partial charge in [0, 0.05) is 12.3 Å². The van der Waals surface area contributed by atoms with Crippen molar-refractivity contribution in [1.82, 2.24) is 4.73 Å².